The third kappa shape index (κ3) is 2.12. The predicted molar refractivity (Wildman–Crippen MR) is 96.6 cm³/mol. The monoisotopic (exact) mass is 365 g/mol. The van der Waals surface area contributed by atoms with Crippen LogP contribution in [0, 0.1) is 30.1 Å². The molecule has 2 heterocycles. The number of imide groups is 1. The number of benzene rings is 1. The van der Waals surface area contributed by atoms with Crippen LogP contribution >= 0.6 is 11.6 Å². The number of hydrogen-bond acceptors (Lipinski definition) is 4. The van der Waals surface area contributed by atoms with Crippen LogP contribution in [0.1, 0.15) is 23.7 Å². The van der Waals surface area contributed by atoms with Gasteiger partial charge in [-0.3, -0.25) is 9.59 Å². The topological polar surface area (TPSA) is 74.1 Å². The van der Waals surface area contributed by atoms with Crippen molar-refractivity contribution in [2.45, 2.75) is 25.7 Å². The van der Waals surface area contributed by atoms with Crippen LogP contribution in [0.2, 0.25) is 5.15 Å². The molecule has 1 aromatic heterocycles. The lowest BCUT2D eigenvalue weighted by Gasteiger charge is -2.36. The maximum absolute atomic E-state index is 13.2. The average Bonchev–Trinajstić information content (AvgIpc) is 2.89. The average molecular weight is 366 g/mol. The molecule has 3 atom stereocenters. The van der Waals surface area contributed by atoms with Gasteiger partial charge in [0.15, 0.2) is 0 Å². The number of aromatic nitrogens is 1. The van der Waals surface area contributed by atoms with Crippen molar-refractivity contribution < 1.29 is 9.59 Å². The predicted octanol–water partition coefficient (Wildman–Crippen LogP) is 3.19. The molecule has 1 fully saturated rings. The van der Waals surface area contributed by atoms with Gasteiger partial charge in [0, 0.05) is 0 Å². The minimum absolute atomic E-state index is 0.258. The molecule has 1 saturated heterocycles. The van der Waals surface area contributed by atoms with Crippen molar-refractivity contribution in [3.63, 3.8) is 0 Å². The quantitative estimate of drug-likeness (QED) is 0.574. The summed E-state index contributed by atoms with van der Waals surface area (Å²) < 4.78 is 0. The first kappa shape index (κ1) is 16.7. The Morgan fingerprint density at radius 1 is 1.27 bits per heavy atom. The number of halogens is 1. The third-order valence-corrected chi connectivity index (χ3v) is 5.84. The fourth-order valence-corrected chi connectivity index (χ4v) is 4.31. The van der Waals surface area contributed by atoms with Crippen LogP contribution in [-0.4, -0.2) is 16.8 Å². The van der Waals surface area contributed by atoms with E-state index >= 15 is 0 Å². The van der Waals surface area contributed by atoms with E-state index in [1.54, 1.807) is 31.2 Å². The highest BCUT2D eigenvalue weighted by molar-refractivity contribution is 6.30. The van der Waals surface area contributed by atoms with Crippen molar-refractivity contribution in [1.82, 2.24) is 4.98 Å². The summed E-state index contributed by atoms with van der Waals surface area (Å²) in [4.78, 5) is 31.9. The van der Waals surface area contributed by atoms with E-state index in [9.17, 15) is 14.9 Å². The van der Waals surface area contributed by atoms with Crippen LogP contribution in [0.4, 0.5) is 5.69 Å². The first-order valence-electron chi connectivity index (χ1n) is 8.39. The van der Waals surface area contributed by atoms with Gasteiger partial charge in [0.25, 0.3) is 0 Å². The Hall–Kier alpha value is -2.71. The number of amides is 2. The Morgan fingerprint density at radius 2 is 1.96 bits per heavy atom. The molecule has 2 amide bonds. The van der Waals surface area contributed by atoms with Crippen molar-refractivity contribution in [3.8, 4) is 6.07 Å². The number of pyridine rings is 1. The van der Waals surface area contributed by atoms with E-state index in [0.717, 1.165) is 11.1 Å². The smallest absolute Gasteiger partial charge is 0.239 e. The molecule has 1 aliphatic heterocycles. The van der Waals surface area contributed by atoms with Crippen molar-refractivity contribution in [2.24, 2.45) is 11.8 Å². The number of hydrogen-bond donors (Lipinski definition) is 0. The summed E-state index contributed by atoms with van der Waals surface area (Å²) >= 11 is 6.18. The van der Waals surface area contributed by atoms with Gasteiger partial charge in [-0.15, -0.1) is 0 Å². The second-order valence-corrected chi connectivity index (χ2v) is 7.41. The number of para-hydroxylation sites is 1. The highest BCUT2D eigenvalue weighted by Crippen LogP contribution is 2.49. The van der Waals surface area contributed by atoms with Crippen molar-refractivity contribution in [3.05, 3.63) is 58.4 Å². The zero-order chi connectivity index (χ0) is 18.6. The van der Waals surface area contributed by atoms with Gasteiger partial charge in [-0.05, 0) is 43.5 Å². The molecule has 0 unspecified atom stereocenters. The first-order chi connectivity index (χ1) is 12.4. The Bertz CT molecular complexity index is 983. The number of nitriles is 1. The summed E-state index contributed by atoms with van der Waals surface area (Å²) in [6.07, 6.45) is 0.385. The zero-order valence-corrected chi connectivity index (χ0v) is 15.1. The second-order valence-electron chi connectivity index (χ2n) is 7.05. The van der Waals surface area contributed by atoms with Gasteiger partial charge < -0.3 is 0 Å². The molecule has 6 heteroatoms. The van der Waals surface area contributed by atoms with E-state index in [1.807, 2.05) is 19.1 Å². The van der Waals surface area contributed by atoms with Crippen LogP contribution in [-0.2, 0) is 21.4 Å². The number of nitrogens with zero attached hydrogens (tertiary/aromatic N) is 3. The third-order valence-electron chi connectivity index (χ3n) is 5.46. The van der Waals surface area contributed by atoms with Gasteiger partial charge in [-0.1, -0.05) is 35.9 Å². The SMILES string of the molecule is Cc1cc2c(nc1Cl)[C@@](C)(C#N)[C@@H]1C(=O)N(c3ccccc3)C(=O)[C@@H]1C2. The van der Waals surface area contributed by atoms with Gasteiger partial charge in [0.05, 0.1) is 29.3 Å². The van der Waals surface area contributed by atoms with Crippen molar-refractivity contribution >= 4 is 29.1 Å². The summed E-state index contributed by atoms with van der Waals surface area (Å²) in [5, 5.41) is 10.3. The highest BCUT2D eigenvalue weighted by atomic mass is 35.5. The van der Waals surface area contributed by atoms with E-state index in [4.69, 9.17) is 11.6 Å². The molecule has 0 spiro atoms. The molecule has 2 aliphatic rings. The maximum atomic E-state index is 13.2. The lowest BCUT2D eigenvalue weighted by Crippen LogP contribution is -2.44. The molecule has 0 bridgehead atoms. The molecule has 4 rings (SSSR count). The van der Waals surface area contributed by atoms with Crippen LogP contribution in [0.3, 0.4) is 0 Å². The summed E-state index contributed by atoms with van der Waals surface area (Å²) in [7, 11) is 0. The fraction of sp³-hybridized carbons (Fsp3) is 0.300. The van der Waals surface area contributed by atoms with Crippen LogP contribution in [0.15, 0.2) is 36.4 Å². The van der Waals surface area contributed by atoms with Crippen molar-refractivity contribution in [1.29, 1.82) is 5.26 Å². The van der Waals surface area contributed by atoms with E-state index in [1.165, 1.54) is 4.90 Å². The molecule has 1 aromatic carbocycles. The Morgan fingerprint density at radius 3 is 2.62 bits per heavy atom. The molecule has 5 nitrogen and oxygen atoms in total. The zero-order valence-electron chi connectivity index (χ0n) is 14.4. The normalized spacial score (nSPS) is 27.1. The molecule has 1 aliphatic carbocycles. The summed E-state index contributed by atoms with van der Waals surface area (Å²) in [5.74, 6) is -1.94. The molecule has 0 radical (unpaired) electrons. The number of fused-ring (bicyclic) bond motifs is 2. The highest BCUT2D eigenvalue weighted by Gasteiger charge is 2.60. The van der Waals surface area contributed by atoms with E-state index in [-0.39, 0.29) is 11.8 Å². The van der Waals surface area contributed by atoms with E-state index < -0.39 is 17.3 Å². The standard InChI is InChI=1S/C20H16ClN3O2/c1-11-8-12-9-14-15(20(2,10-22)16(12)23-17(11)21)19(26)24(18(14)25)13-6-4-3-5-7-13/h3-8,14-15H,9H2,1-2H3/t14-,15+,20+/m1/s1. The van der Waals surface area contributed by atoms with E-state index in [2.05, 4.69) is 11.1 Å². The van der Waals surface area contributed by atoms with Gasteiger partial charge in [0.1, 0.15) is 10.6 Å². The number of carbonyl (C=O) groups excluding carboxylic acids is 2. The largest absolute Gasteiger partial charge is 0.274 e. The maximum Gasteiger partial charge on any atom is 0.239 e. The molecule has 26 heavy (non-hydrogen) atoms. The Balaban J connectivity index is 1.89. The Labute approximate surface area is 156 Å². The minimum Gasteiger partial charge on any atom is -0.274 e. The minimum atomic E-state index is -1.20. The lowest BCUT2D eigenvalue weighted by atomic mass is 9.63. The number of anilines is 1. The van der Waals surface area contributed by atoms with Crippen LogP contribution in [0.25, 0.3) is 0 Å². The first-order valence-corrected chi connectivity index (χ1v) is 8.77. The fourth-order valence-electron chi connectivity index (χ4n) is 4.17. The summed E-state index contributed by atoms with van der Waals surface area (Å²) in [5.41, 5.74) is 1.44. The molecule has 0 N–H and O–H groups in total. The second kappa shape index (κ2) is 5.65. The van der Waals surface area contributed by atoms with Crippen molar-refractivity contribution in [2.75, 3.05) is 4.90 Å². The van der Waals surface area contributed by atoms with Gasteiger partial charge in [-0.2, -0.15) is 5.26 Å². The number of aryl methyl sites for hydroxylation is 1. The molecule has 130 valence electrons. The molecular formula is C20H16ClN3O2. The number of rotatable bonds is 1. The van der Waals surface area contributed by atoms with Crippen LogP contribution < -0.4 is 4.90 Å². The van der Waals surface area contributed by atoms with Gasteiger partial charge in [-0.25, -0.2) is 9.88 Å². The van der Waals surface area contributed by atoms with Gasteiger partial charge in [0.2, 0.25) is 11.8 Å². The molecule has 0 saturated carbocycles. The number of carbonyl (C=O) groups is 2. The van der Waals surface area contributed by atoms with E-state index in [0.29, 0.717) is 23.0 Å². The van der Waals surface area contributed by atoms with Gasteiger partial charge >= 0.3 is 0 Å². The lowest BCUT2D eigenvalue weighted by molar-refractivity contribution is -0.122. The van der Waals surface area contributed by atoms with Crippen LogP contribution in [0.5, 0.6) is 0 Å². The molecule has 2 aromatic rings. The summed E-state index contributed by atoms with van der Waals surface area (Å²) in [6.45, 7) is 3.52. The summed E-state index contributed by atoms with van der Waals surface area (Å²) in [6, 6.07) is 13.0. The molecular weight excluding hydrogens is 350 g/mol. The Kier molecular flexibility index (Phi) is 3.64.